The predicted molar refractivity (Wildman–Crippen MR) is 78.5 cm³/mol. The molecule has 1 atom stereocenters. The monoisotopic (exact) mass is 283 g/mol. The third-order valence-electron chi connectivity index (χ3n) is 3.41. The Kier molecular flexibility index (Phi) is 6.81. The van der Waals surface area contributed by atoms with Gasteiger partial charge in [-0.1, -0.05) is 12.5 Å². The molecule has 106 valence electrons. The Labute approximate surface area is 121 Å². The molecule has 5 heteroatoms. The molecule has 0 spiro atoms. The van der Waals surface area contributed by atoms with E-state index in [1.54, 1.807) is 6.20 Å². The van der Waals surface area contributed by atoms with E-state index in [1.807, 2.05) is 30.1 Å². The molecule has 1 aliphatic heterocycles. The molecule has 1 amide bonds. The van der Waals surface area contributed by atoms with Crippen LogP contribution in [0.1, 0.15) is 25.0 Å². The summed E-state index contributed by atoms with van der Waals surface area (Å²) in [6.45, 7) is 1.69. The smallest absolute Gasteiger partial charge is 0.239 e. The maximum absolute atomic E-state index is 12.2. The summed E-state index contributed by atoms with van der Waals surface area (Å²) in [6.07, 6.45) is 5.90. The van der Waals surface area contributed by atoms with E-state index in [1.165, 1.54) is 6.42 Å². The summed E-state index contributed by atoms with van der Waals surface area (Å²) in [7, 11) is 1.88. The van der Waals surface area contributed by atoms with Gasteiger partial charge in [-0.3, -0.25) is 9.78 Å². The first-order valence-corrected chi connectivity index (χ1v) is 6.65. The number of carbonyl (C=O) groups excluding carboxylic acids is 1. The number of carbonyl (C=O) groups is 1. The lowest BCUT2D eigenvalue weighted by Crippen LogP contribution is -2.47. The molecule has 0 radical (unpaired) electrons. The van der Waals surface area contributed by atoms with Gasteiger partial charge in [0, 0.05) is 31.9 Å². The van der Waals surface area contributed by atoms with Gasteiger partial charge >= 0.3 is 0 Å². The standard InChI is InChI=1S/C14H21N3O.ClH/c1-17(11-8-12-6-2-4-9-15-12)14(18)13-7-3-5-10-16-13;/h2,4,6,9,13,16H,3,5,7-8,10-11H2,1H3;1H/t13-;/m0./s1. The van der Waals surface area contributed by atoms with Crippen molar-refractivity contribution in [1.29, 1.82) is 0 Å². The van der Waals surface area contributed by atoms with Crippen LogP contribution in [-0.2, 0) is 11.2 Å². The van der Waals surface area contributed by atoms with Crippen molar-refractivity contribution in [2.45, 2.75) is 31.7 Å². The molecule has 0 aliphatic carbocycles. The van der Waals surface area contributed by atoms with Crippen molar-refractivity contribution in [2.24, 2.45) is 0 Å². The molecular weight excluding hydrogens is 262 g/mol. The average molecular weight is 284 g/mol. The van der Waals surface area contributed by atoms with E-state index < -0.39 is 0 Å². The van der Waals surface area contributed by atoms with Crippen LogP contribution < -0.4 is 5.32 Å². The van der Waals surface area contributed by atoms with Crippen LogP contribution >= 0.6 is 12.4 Å². The molecular formula is C14H22ClN3O. The molecule has 4 nitrogen and oxygen atoms in total. The van der Waals surface area contributed by atoms with Crippen LogP contribution in [0.2, 0.25) is 0 Å². The molecule has 1 aliphatic rings. The second kappa shape index (κ2) is 8.12. The van der Waals surface area contributed by atoms with Crippen molar-refractivity contribution in [3.05, 3.63) is 30.1 Å². The third kappa shape index (κ3) is 4.80. The van der Waals surface area contributed by atoms with Gasteiger partial charge in [0.2, 0.25) is 5.91 Å². The normalized spacial score (nSPS) is 18.5. The fourth-order valence-corrected chi connectivity index (χ4v) is 2.27. The van der Waals surface area contributed by atoms with Gasteiger partial charge in [-0.15, -0.1) is 12.4 Å². The van der Waals surface area contributed by atoms with Crippen molar-refractivity contribution < 1.29 is 4.79 Å². The maximum atomic E-state index is 12.2. The first kappa shape index (κ1) is 15.9. The number of halogens is 1. The average Bonchev–Trinajstić information content (AvgIpc) is 2.46. The predicted octanol–water partition coefficient (Wildman–Crippen LogP) is 1.65. The fraction of sp³-hybridized carbons (Fsp3) is 0.571. The number of nitrogens with zero attached hydrogens (tertiary/aromatic N) is 2. The summed E-state index contributed by atoms with van der Waals surface area (Å²) in [5, 5.41) is 3.29. The van der Waals surface area contributed by atoms with Gasteiger partial charge in [0.25, 0.3) is 0 Å². The number of likely N-dealkylation sites (N-methyl/N-ethyl adjacent to an activating group) is 1. The summed E-state index contributed by atoms with van der Waals surface area (Å²) in [4.78, 5) is 18.2. The largest absolute Gasteiger partial charge is 0.344 e. The highest BCUT2D eigenvalue weighted by Gasteiger charge is 2.23. The topological polar surface area (TPSA) is 45.2 Å². The minimum absolute atomic E-state index is 0. The number of hydrogen-bond donors (Lipinski definition) is 1. The minimum Gasteiger partial charge on any atom is -0.344 e. The number of nitrogens with one attached hydrogen (secondary N) is 1. The van der Waals surface area contributed by atoms with Crippen molar-refractivity contribution >= 4 is 18.3 Å². The van der Waals surface area contributed by atoms with Crippen LogP contribution in [0.3, 0.4) is 0 Å². The van der Waals surface area contributed by atoms with Gasteiger partial charge in [-0.2, -0.15) is 0 Å². The first-order chi connectivity index (χ1) is 8.77. The van der Waals surface area contributed by atoms with Gasteiger partial charge in [-0.05, 0) is 31.5 Å². The van der Waals surface area contributed by atoms with Gasteiger partial charge < -0.3 is 10.2 Å². The molecule has 2 heterocycles. The molecule has 0 saturated carbocycles. The quantitative estimate of drug-likeness (QED) is 0.914. The highest BCUT2D eigenvalue weighted by molar-refractivity contribution is 5.85. The van der Waals surface area contributed by atoms with Gasteiger partial charge in [0.15, 0.2) is 0 Å². The maximum Gasteiger partial charge on any atom is 0.239 e. The number of amides is 1. The molecule has 0 unspecified atom stereocenters. The number of hydrogen-bond acceptors (Lipinski definition) is 3. The summed E-state index contributed by atoms with van der Waals surface area (Å²) < 4.78 is 0. The first-order valence-electron chi connectivity index (χ1n) is 6.65. The Morgan fingerprint density at radius 1 is 1.47 bits per heavy atom. The summed E-state index contributed by atoms with van der Waals surface area (Å²) in [5.74, 6) is 0.214. The van der Waals surface area contributed by atoms with Crippen molar-refractivity contribution in [3.8, 4) is 0 Å². The molecule has 0 aromatic carbocycles. The number of piperidine rings is 1. The fourth-order valence-electron chi connectivity index (χ4n) is 2.27. The minimum atomic E-state index is 0. The summed E-state index contributed by atoms with van der Waals surface area (Å²) in [5.41, 5.74) is 1.04. The zero-order valence-corrected chi connectivity index (χ0v) is 12.2. The molecule has 19 heavy (non-hydrogen) atoms. The summed E-state index contributed by atoms with van der Waals surface area (Å²) in [6, 6.07) is 5.90. The van der Waals surface area contributed by atoms with E-state index in [0.717, 1.165) is 38.0 Å². The van der Waals surface area contributed by atoms with Crippen molar-refractivity contribution in [2.75, 3.05) is 20.1 Å². The molecule has 1 aromatic heterocycles. The number of pyridine rings is 1. The van der Waals surface area contributed by atoms with Crippen LogP contribution in [0.15, 0.2) is 24.4 Å². The Hall–Kier alpha value is -1.13. The number of aromatic nitrogens is 1. The Balaban J connectivity index is 0.00000180. The zero-order valence-electron chi connectivity index (χ0n) is 11.3. The molecule has 1 aromatic rings. The van der Waals surface area contributed by atoms with E-state index in [9.17, 15) is 4.79 Å². The highest BCUT2D eigenvalue weighted by Crippen LogP contribution is 2.09. The van der Waals surface area contributed by atoms with E-state index in [-0.39, 0.29) is 24.4 Å². The lowest BCUT2D eigenvalue weighted by molar-refractivity contribution is -0.132. The van der Waals surface area contributed by atoms with E-state index in [0.29, 0.717) is 0 Å². The molecule has 1 fully saturated rings. The van der Waals surface area contributed by atoms with Crippen LogP contribution in [0.25, 0.3) is 0 Å². The van der Waals surface area contributed by atoms with E-state index in [4.69, 9.17) is 0 Å². The zero-order chi connectivity index (χ0) is 12.8. The SMILES string of the molecule is CN(CCc1ccccn1)C(=O)[C@@H]1CCCCN1.Cl. The van der Waals surface area contributed by atoms with Gasteiger partial charge in [-0.25, -0.2) is 0 Å². The second-order valence-corrected chi connectivity index (χ2v) is 4.83. The van der Waals surface area contributed by atoms with Gasteiger partial charge in [0.05, 0.1) is 6.04 Å². The Morgan fingerprint density at radius 3 is 2.95 bits per heavy atom. The van der Waals surface area contributed by atoms with Crippen LogP contribution in [0.5, 0.6) is 0 Å². The molecule has 1 saturated heterocycles. The number of rotatable bonds is 4. The lowest BCUT2D eigenvalue weighted by atomic mass is 10.0. The molecule has 1 N–H and O–H groups in total. The van der Waals surface area contributed by atoms with Crippen molar-refractivity contribution in [3.63, 3.8) is 0 Å². The summed E-state index contributed by atoms with van der Waals surface area (Å²) >= 11 is 0. The Morgan fingerprint density at radius 2 is 2.32 bits per heavy atom. The van der Waals surface area contributed by atoms with E-state index >= 15 is 0 Å². The van der Waals surface area contributed by atoms with Crippen LogP contribution in [-0.4, -0.2) is 42.0 Å². The third-order valence-corrected chi connectivity index (χ3v) is 3.41. The highest BCUT2D eigenvalue weighted by atomic mass is 35.5. The molecule has 2 rings (SSSR count). The van der Waals surface area contributed by atoms with E-state index in [2.05, 4.69) is 10.3 Å². The second-order valence-electron chi connectivity index (χ2n) is 4.83. The van der Waals surface area contributed by atoms with Crippen molar-refractivity contribution in [1.82, 2.24) is 15.2 Å². The lowest BCUT2D eigenvalue weighted by Gasteiger charge is -2.27. The van der Waals surface area contributed by atoms with Gasteiger partial charge in [0.1, 0.15) is 0 Å². The molecule has 0 bridgehead atoms. The van der Waals surface area contributed by atoms with Crippen LogP contribution in [0, 0.1) is 0 Å². The van der Waals surface area contributed by atoms with Crippen LogP contribution in [0.4, 0.5) is 0 Å². The Bertz CT molecular complexity index is 380.